The first-order valence-electron chi connectivity index (χ1n) is 11.4. The number of halogens is 2. The lowest BCUT2D eigenvalue weighted by Crippen LogP contribution is -2.34. The first-order valence-corrected chi connectivity index (χ1v) is 11.4. The van der Waals surface area contributed by atoms with E-state index in [0.717, 1.165) is 11.1 Å². The zero-order valence-corrected chi connectivity index (χ0v) is 19.1. The minimum Gasteiger partial charge on any atom is -0.395 e. The van der Waals surface area contributed by atoms with Gasteiger partial charge in [-0.1, -0.05) is 24.3 Å². The Kier molecular flexibility index (Phi) is 4.87. The van der Waals surface area contributed by atoms with Crippen molar-refractivity contribution in [3.63, 3.8) is 0 Å². The van der Waals surface area contributed by atoms with E-state index in [4.69, 9.17) is 0 Å². The molecule has 9 nitrogen and oxygen atoms in total. The molecule has 0 spiro atoms. The van der Waals surface area contributed by atoms with Crippen molar-refractivity contribution in [1.82, 2.24) is 15.7 Å². The second-order valence-electron chi connectivity index (χ2n) is 8.93. The van der Waals surface area contributed by atoms with Crippen LogP contribution >= 0.6 is 0 Å². The van der Waals surface area contributed by atoms with Gasteiger partial charge in [0, 0.05) is 5.56 Å². The number of hydrogen-bond acceptors (Lipinski definition) is 6. The molecular formula is C25H21F2N5O4. The molecule has 0 unspecified atom stereocenters. The Morgan fingerprint density at radius 3 is 2.64 bits per heavy atom. The Morgan fingerprint density at radius 1 is 1.08 bits per heavy atom. The molecule has 0 radical (unpaired) electrons. The Hall–Kier alpha value is -4.25. The van der Waals surface area contributed by atoms with E-state index in [2.05, 4.69) is 30.5 Å². The Bertz CT molecular complexity index is 1410. The molecule has 2 aromatic carbocycles. The highest BCUT2D eigenvalue weighted by Crippen LogP contribution is 2.52. The topological polar surface area (TPSA) is 105 Å². The minimum absolute atomic E-state index is 0.0614. The summed E-state index contributed by atoms with van der Waals surface area (Å²) in [7, 11) is 0. The molecule has 3 amide bonds. The van der Waals surface area contributed by atoms with Crippen molar-refractivity contribution in [1.29, 1.82) is 0 Å². The number of aromatic nitrogens is 1. The third-order valence-electron chi connectivity index (χ3n) is 6.53. The molecule has 3 heterocycles. The summed E-state index contributed by atoms with van der Waals surface area (Å²) < 4.78 is 35.8. The van der Waals surface area contributed by atoms with Crippen molar-refractivity contribution in [2.75, 3.05) is 17.0 Å². The molecule has 1 saturated heterocycles. The number of aryl methyl sites for hydroxylation is 1. The Balaban J connectivity index is 1.25. The van der Waals surface area contributed by atoms with Crippen LogP contribution in [0.25, 0.3) is 11.3 Å². The third-order valence-corrected chi connectivity index (χ3v) is 6.53. The van der Waals surface area contributed by atoms with Crippen molar-refractivity contribution in [2.45, 2.75) is 31.5 Å². The van der Waals surface area contributed by atoms with E-state index in [9.17, 15) is 18.4 Å². The minimum atomic E-state index is -3.71. The SMILES string of the molecule is Cc1ccc(NC(=O)C2(c3ccc4c(c3)OC(F)(F)O4)CC2)nc1-c1cccc(N2NCNC2=O)c1. The number of nitrogens with zero attached hydrogens (tertiary/aromatic N) is 2. The molecule has 11 heteroatoms. The van der Waals surface area contributed by atoms with Crippen LogP contribution in [-0.2, 0) is 10.2 Å². The first-order chi connectivity index (χ1) is 17.2. The Labute approximate surface area is 204 Å². The van der Waals surface area contributed by atoms with Gasteiger partial charge in [0.2, 0.25) is 5.91 Å². The molecule has 0 atom stereocenters. The third kappa shape index (κ3) is 3.77. The highest BCUT2D eigenvalue weighted by molar-refractivity contribution is 6.01. The molecule has 2 fully saturated rings. The van der Waals surface area contributed by atoms with Gasteiger partial charge in [0.05, 0.1) is 23.5 Å². The largest absolute Gasteiger partial charge is 0.586 e. The smallest absolute Gasteiger partial charge is 0.395 e. The number of anilines is 2. The molecule has 3 aromatic rings. The molecule has 3 aliphatic rings. The van der Waals surface area contributed by atoms with E-state index in [1.54, 1.807) is 18.2 Å². The van der Waals surface area contributed by atoms with Gasteiger partial charge in [-0.05, 0) is 61.2 Å². The van der Waals surface area contributed by atoms with Crippen LogP contribution in [0.3, 0.4) is 0 Å². The van der Waals surface area contributed by atoms with Gasteiger partial charge in [0.15, 0.2) is 11.5 Å². The monoisotopic (exact) mass is 493 g/mol. The molecule has 3 N–H and O–H groups in total. The van der Waals surface area contributed by atoms with Gasteiger partial charge < -0.3 is 20.1 Å². The summed E-state index contributed by atoms with van der Waals surface area (Å²) >= 11 is 0. The molecule has 6 rings (SSSR count). The summed E-state index contributed by atoms with van der Waals surface area (Å²) in [6.07, 6.45) is -2.57. The van der Waals surface area contributed by atoms with Gasteiger partial charge in [-0.3, -0.25) is 4.79 Å². The van der Waals surface area contributed by atoms with Gasteiger partial charge in [0.1, 0.15) is 5.82 Å². The number of carbonyl (C=O) groups is 2. The number of nitrogens with one attached hydrogen (secondary N) is 3. The fraction of sp³-hybridized carbons (Fsp3) is 0.240. The second kappa shape index (κ2) is 7.89. The Morgan fingerprint density at radius 2 is 1.89 bits per heavy atom. The summed E-state index contributed by atoms with van der Waals surface area (Å²) in [6.45, 7) is 2.25. The van der Waals surface area contributed by atoms with Crippen LogP contribution < -0.4 is 30.5 Å². The molecule has 0 bridgehead atoms. The van der Waals surface area contributed by atoms with E-state index >= 15 is 0 Å². The lowest BCUT2D eigenvalue weighted by Gasteiger charge is -2.17. The van der Waals surface area contributed by atoms with Crippen LogP contribution in [-0.4, -0.2) is 29.9 Å². The summed E-state index contributed by atoms with van der Waals surface area (Å²) in [5.41, 5.74) is 5.66. The maximum absolute atomic E-state index is 13.4. The molecular weight excluding hydrogens is 472 g/mol. The van der Waals surface area contributed by atoms with Gasteiger partial charge >= 0.3 is 12.3 Å². The van der Waals surface area contributed by atoms with Gasteiger partial charge in [-0.25, -0.2) is 20.2 Å². The van der Waals surface area contributed by atoms with Gasteiger partial charge in [0.25, 0.3) is 0 Å². The molecule has 1 aromatic heterocycles. The highest BCUT2D eigenvalue weighted by Gasteiger charge is 2.53. The average Bonchev–Trinajstić information content (AvgIpc) is 3.45. The fourth-order valence-corrected chi connectivity index (χ4v) is 4.49. The molecule has 1 saturated carbocycles. The number of hydrazine groups is 1. The van der Waals surface area contributed by atoms with Crippen LogP contribution in [0.4, 0.5) is 25.1 Å². The average molecular weight is 493 g/mol. The standard InChI is InChI=1S/C25H21F2N5O4/c1-14-5-8-20(30-21(14)15-3-2-4-17(11-15)32-23(34)28-13-29-32)31-22(33)24(9-10-24)16-6-7-18-19(12-16)36-25(26,27)35-18/h2-8,11-12,29H,9-10,13H2,1H3,(H,28,34)(H,30,31,33). The number of fused-ring (bicyclic) bond motifs is 1. The van der Waals surface area contributed by atoms with E-state index < -0.39 is 11.7 Å². The van der Waals surface area contributed by atoms with Crippen molar-refractivity contribution >= 4 is 23.4 Å². The second-order valence-corrected chi connectivity index (χ2v) is 8.93. The van der Waals surface area contributed by atoms with Crippen molar-refractivity contribution in [2.24, 2.45) is 0 Å². The summed E-state index contributed by atoms with van der Waals surface area (Å²) in [5.74, 6) is -0.0641. The lowest BCUT2D eigenvalue weighted by molar-refractivity contribution is -0.286. The number of ether oxygens (including phenoxy) is 2. The number of amides is 3. The highest BCUT2D eigenvalue weighted by atomic mass is 19.3. The number of urea groups is 1. The van der Waals surface area contributed by atoms with Crippen LogP contribution in [0.5, 0.6) is 11.5 Å². The van der Waals surface area contributed by atoms with Crippen LogP contribution in [0, 0.1) is 6.92 Å². The predicted octanol–water partition coefficient (Wildman–Crippen LogP) is 4.04. The summed E-state index contributed by atoms with van der Waals surface area (Å²) in [5, 5.41) is 6.98. The predicted molar refractivity (Wildman–Crippen MR) is 126 cm³/mol. The van der Waals surface area contributed by atoms with E-state index in [1.807, 2.05) is 31.2 Å². The summed E-state index contributed by atoms with van der Waals surface area (Å²) in [6, 6.07) is 15.1. The summed E-state index contributed by atoms with van der Waals surface area (Å²) in [4.78, 5) is 30.0. The van der Waals surface area contributed by atoms with E-state index in [0.29, 0.717) is 42.3 Å². The zero-order chi connectivity index (χ0) is 25.1. The number of alkyl halides is 2. The van der Waals surface area contributed by atoms with E-state index in [1.165, 1.54) is 17.1 Å². The van der Waals surface area contributed by atoms with Crippen molar-refractivity contribution < 1.29 is 27.8 Å². The van der Waals surface area contributed by atoms with Crippen LogP contribution in [0.1, 0.15) is 24.0 Å². The number of pyridine rings is 1. The number of rotatable bonds is 5. The number of carbonyl (C=O) groups excluding carboxylic acids is 2. The van der Waals surface area contributed by atoms with Gasteiger partial charge in [-0.15, -0.1) is 8.78 Å². The quantitative estimate of drug-likeness (QED) is 0.496. The normalized spacial score (nSPS) is 18.6. The van der Waals surface area contributed by atoms with Gasteiger partial charge in [-0.2, -0.15) is 0 Å². The lowest BCUT2D eigenvalue weighted by atomic mass is 9.94. The molecule has 36 heavy (non-hydrogen) atoms. The molecule has 2 aliphatic heterocycles. The number of hydrogen-bond donors (Lipinski definition) is 3. The maximum atomic E-state index is 13.4. The zero-order valence-electron chi connectivity index (χ0n) is 19.1. The van der Waals surface area contributed by atoms with E-state index in [-0.39, 0.29) is 23.4 Å². The van der Waals surface area contributed by atoms with Crippen LogP contribution in [0.2, 0.25) is 0 Å². The molecule has 184 valence electrons. The molecule has 1 aliphatic carbocycles. The van der Waals surface area contributed by atoms with Crippen molar-refractivity contribution in [3.05, 3.63) is 65.7 Å². The maximum Gasteiger partial charge on any atom is 0.586 e. The fourth-order valence-electron chi connectivity index (χ4n) is 4.49. The first kappa shape index (κ1) is 22.2. The van der Waals surface area contributed by atoms with Crippen molar-refractivity contribution in [3.8, 4) is 22.8 Å². The van der Waals surface area contributed by atoms with Crippen LogP contribution in [0.15, 0.2) is 54.6 Å². The number of benzene rings is 2.